The van der Waals surface area contributed by atoms with E-state index in [1.165, 1.54) is 6.92 Å². The Morgan fingerprint density at radius 3 is 1.38 bits per heavy atom. The van der Waals surface area contributed by atoms with Gasteiger partial charge in [0.15, 0.2) is 25.2 Å². The Kier molecular flexibility index (Phi) is 21.8. The summed E-state index contributed by atoms with van der Waals surface area (Å²) in [5.74, 6) is -3.60. The van der Waals surface area contributed by atoms with Gasteiger partial charge in [-0.3, -0.25) is 14.4 Å². The monoisotopic (exact) mass is 988 g/mol. The van der Waals surface area contributed by atoms with Crippen molar-refractivity contribution in [3.05, 3.63) is 0 Å². The molecule has 21 atom stereocenters. The van der Waals surface area contributed by atoms with Crippen molar-refractivity contribution >= 4 is 17.7 Å². The molecule has 21 unspecified atom stereocenters. The normalized spacial score (nSPS) is 39.9. The second kappa shape index (κ2) is 25.4. The summed E-state index contributed by atoms with van der Waals surface area (Å²) in [4.78, 5) is 35.4. The second-order valence-electron chi connectivity index (χ2n) is 19.5. The lowest BCUT2D eigenvalue weighted by Gasteiger charge is -2.51. The minimum absolute atomic E-state index is 0.0950. The predicted octanol–water partition coefficient (Wildman–Crippen LogP) is -5.43. The van der Waals surface area contributed by atoms with Gasteiger partial charge in [0, 0.05) is 25.4 Å². The Morgan fingerprint density at radius 1 is 0.559 bits per heavy atom. The smallest absolute Gasteiger partial charge is 0.304 e. The van der Waals surface area contributed by atoms with Crippen LogP contribution in [0.1, 0.15) is 67.7 Å². The van der Waals surface area contributed by atoms with Crippen molar-refractivity contribution in [1.82, 2.24) is 10.6 Å². The topological polar surface area (TPSA) is 413 Å². The van der Waals surface area contributed by atoms with Gasteiger partial charge in [-0.15, -0.1) is 0 Å². The van der Waals surface area contributed by atoms with Gasteiger partial charge in [0.05, 0.1) is 68.2 Å². The summed E-state index contributed by atoms with van der Waals surface area (Å²) in [6.45, 7) is 8.09. The van der Waals surface area contributed by atoms with E-state index in [-0.39, 0.29) is 32.4 Å². The zero-order chi connectivity index (χ0) is 51.0. The van der Waals surface area contributed by atoms with Gasteiger partial charge < -0.3 is 116 Å². The standard InChI is InChI=1S/C42H76N4O22/c1-17(51)18(8-9-23(52)53)12-46-28-31(58)35(21(15-49)62-40(28)66-34-20(14-48)61-38(26(44)30(34)57)68-42(5,6)7)64-37-25(43)29(56)33(19(13-47)60-37)65-39-27(45-11-10-24(54)55)32(59)36(22(16-50)63-39)67-41(2,3)4/h18-22,25-40,45-50,56-59H,8-16,43-44H2,1-7H3,(H,52,53)(H,54,55). The number of carbonyl (C=O) groups is 3. The zero-order valence-electron chi connectivity index (χ0n) is 39.5. The van der Waals surface area contributed by atoms with Crippen LogP contribution in [0.15, 0.2) is 0 Å². The average molecular weight is 989 g/mol. The number of hydrogen-bond acceptors (Lipinski definition) is 24. The first-order valence-electron chi connectivity index (χ1n) is 22.8. The number of Topliss-reactive ketones (excluding diaryl/α,β-unsaturated/α-hetero) is 1. The van der Waals surface area contributed by atoms with Crippen molar-refractivity contribution in [2.24, 2.45) is 17.4 Å². The first-order valence-corrected chi connectivity index (χ1v) is 22.8. The van der Waals surface area contributed by atoms with Gasteiger partial charge in [-0.2, -0.15) is 0 Å². The van der Waals surface area contributed by atoms with Crippen LogP contribution in [0.4, 0.5) is 0 Å². The largest absolute Gasteiger partial charge is 0.481 e. The third kappa shape index (κ3) is 15.4. The van der Waals surface area contributed by atoms with Crippen LogP contribution < -0.4 is 22.1 Å². The number of hydrogen-bond donors (Lipinski definition) is 14. The van der Waals surface area contributed by atoms with E-state index in [1.54, 1.807) is 41.5 Å². The fraction of sp³-hybridized carbons (Fsp3) is 0.929. The maximum atomic E-state index is 12.6. The summed E-state index contributed by atoms with van der Waals surface area (Å²) in [6, 6.07) is -5.44. The molecule has 0 saturated carbocycles. The average Bonchev–Trinajstić information content (AvgIpc) is 3.25. The molecule has 4 rings (SSSR count). The van der Waals surface area contributed by atoms with Crippen LogP contribution in [0.3, 0.4) is 0 Å². The Labute approximate surface area is 394 Å². The minimum atomic E-state index is -1.79. The van der Waals surface area contributed by atoms with Gasteiger partial charge in [0.1, 0.15) is 79.0 Å². The van der Waals surface area contributed by atoms with Gasteiger partial charge in [-0.25, -0.2) is 0 Å². The van der Waals surface area contributed by atoms with Crippen molar-refractivity contribution in [2.75, 3.05) is 39.5 Å². The molecule has 0 aromatic heterocycles. The number of aliphatic hydroxyl groups is 8. The quantitative estimate of drug-likeness (QED) is 0.0454. The molecule has 4 heterocycles. The molecular formula is C42H76N4O22. The molecule has 0 spiro atoms. The molecule has 396 valence electrons. The fourth-order valence-electron chi connectivity index (χ4n) is 8.45. The third-order valence-corrected chi connectivity index (χ3v) is 11.9. The molecule has 68 heavy (non-hydrogen) atoms. The van der Waals surface area contributed by atoms with Crippen LogP contribution in [0.5, 0.6) is 0 Å². The number of nitrogens with two attached hydrogens (primary N) is 2. The van der Waals surface area contributed by atoms with Crippen LogP contribution >= 0.6 is 0 Å². The first kappa shape index (κ1) is 58.3. The van der Waals surface area contributed by atoms with Crippen LogP contribution in [0.25, 0.3) is 0 Å². The maximum Gasteiger partial charge on any atom is 0.304 e. The van der Waals surface area contributed by atoms with Gasteiger partial charge >= 0.3 is 11.9 Å². The SMILES string of the molecule is CC(=O)C(CCC(=O)O)CNC1C(OC2C(CO)OC(OC(C)(C)C)C(N)C2O)OC(CO)C(OC2OC(CO)C(OC3OC(CO)C(OC(C)(C)C)C(O)C3NCCC(=O)O)C(O)C2N)C1O. The molecule has 4 saturated heterocycles. The molecule has 4 aliphatic rings. The zero-order valence-corrected chi connectivity index (χ0v) is 39.5. The molecule has 0 bridgehead atoms. The highest BCUT2D eigenvalue weighted by molar-refractivity contribution is 5.79. The lowest BCUT2D eigenvalue weighted by Crippen LogP contribution is -2.71. The number of ketones is 1. The Hall–Kier alpha value is -2.23. The predicted molar refractivity (Wildman–Crippen MR) is 230 cm³/mol. The highest BCUT2D eigenvalue weighted by atomic mass is 16.8. The Balaban J connectivity index is 1.60. The molecule has 0 aromatic rings. The second-order valence-corrected chi connectivity index (χ2v) is 19.5. The lowest BCUT2D eigenvalue weighted by molar-refractivity contribution is -0.364. The summed E-state index contributed by atoms with van der Waals surface area (Å²) in [6.07, 6.45) is -24.6. The minimum Gasteiger partial charge on any atom is -0.481 e. The number of rotatable bonds is 23. The van der Waals surface area contributed by atoms with Crippen LogP contribution in [-0.2, 0) is 57.0 Å². The van der Waals surface area contributed by atoms with Crippen molar-refractivity contribution < 1.29 is 108 Å². The summed E-state index contributed by atoms with van der Waals surface area (Å²) < 4.78 is 54.5. The highest BCUT2D eigenvalue weighted by Crippen LogP contribution is 2.35. The van der Waals surface area contributed by atoms with Crippen molar-refractivity contribution in [3.8, 4) is 0 Å². The first-order chi connectivity index (χ1) is 31.7. The Morgan fingerprint density at radius 2 is 0.941 bits per heavy atom. The fourth-order valence-corrected chi connectivity index (χ4v) is 8.45. The van der Waals surface area contributed by atoms with E-state index in [0.717, 1.165) is 0 Å². The maximum absolute atomic E-state index is 12.6. The van der Waals surface area contributed by atoms with Crippen molar-refractivity contribution in [1.29, 1.82) is 0 Å². The van der Waals surface area contributed by atoms with Crippen molar-refractivity contribution in [3.63, 3.8) is 0 Å². The van der Waals surface area contributed by atoms with Gasteiger partial charge in [0.2, 0.25) is 0 Å². The van der Waals surface area contributed by atoms with Crippen LogP contribution in [0.2, 0.25) is 0 Å². The van der Waals surface area contributed by atoms with E-state index in [4.69, 9.17) is 54.1 Å². The van der Waals surface area contributed by atoms with Crippen LogP contribution in [-0.4, -0.2) is 242 Å². The van der Waals surface area contributed by atoms with E-state index in [1.807, 2.05) is 0 Å². The van der Waals surface area contributed by atoms with E-state index in [9.17, 15) is 65.4 Å². The number of carboxylic acids is 2. The lowest BCUT2D eigenvalue weighted by atomic mass is 9.92. The summed E-state index contributed by atoms with van der Waals surface area (Å²) in [5.41, 5.74) is 11.2. The molecule has 4 fully saturated rings. The summed E-state index contributed by atoms with van der Waals surface area (Å²) >= 11 is 0. The molecule has 0 amide bonds. The number of carboxylic acid groups (broad SMARTS) is 2. The third-order valence-electron chi connectivity index (χ3n) is 11.9. The van der Waals surface area contributed by atoms with E-state index in [0.29, 0.717) is 0 Å². The molecule has 0 aromatic carbocycles. The van der Waals surface area contributed by atoms with E-state index >= 15 is 0 Å². The Bertz CT molecular complexity index is 1590. The summed E-state index contributed by atoms with van der Waals surface area (Å²) in [5, 5.41) is 113. The highest BCUT2D eigenvalue weighted by Gasteiger charge is 2.56. The molecule has 26 nitrogen and oxygen atoms in total. The van der Waals surface area contributed by atoms with Crippen molar-refractivity contribution in [2.45, 2.75) is 202 Å². The van der Waals surface area contributed by atoms with Gasteiger partial charge in [-0.05, 0) is 54.9 Å². The molecular weight excluding hydrogens is 912 g/mol. The number of aliphatic carboxylic acids is 2. The van der Waals surface area contributed by atoms with Crippen LogP contribution in [0, 0.1) is 5.92 Å². The van der Waals surface area contributed by atoms with Gasteiger partial charge in [0.25, 0.3) is 0 Å². The van der Waals surface area contributed by atoms with Gasteiger partial charge in [-0.1, -0.05) is 0 Å². The number of nitrogens with one attached hydrogen (secondary N) is 2. The molecule has 0 aliphatic carbocycles. The summed E-state index contributed by atoms with van der Waals surface area (Å²) in [7, 11) is 0. The molecule has 16 N–H and O–H groups in total. The van der Waals surface area contributed by atoms with E-state index < -0.39 is 184 Å². The molecule has 4 aliphatic heterocycles. The number of aliphatic hydroxyl groups excluding tert-OH is 8. The number of carbonyl (C=O) groups excluding carboxylic acids is 1. The number of ether oxygens (including phenoxy) is 9. The molecule has 26 heteroatoms. The molecule has 0 radical (unpaired) electrons. The van der Waals surface area contributed by atoms with E-state index in [2.05, 4.69) is 10.6 Å².